The molecule has 0 radical (unpaired) electrons. The molecule has 0 aromatic heterocycles. The fraction of sp³-hybridized carbons (Fsp3) is 0.400. The summed E-state index contributed by atoms with van der Waals surface area (Å²) >= 11 is 0. The highest BCUT2D eigenvalue weighted by Gasteiger charge is 2.36. The molecule has 1 heterocycles. The van der Waals surface area contributed by atoms with Gasteiger partial charge in [0.1, 0.15) is 0 Å². The number of likely N-dealkylation sites (tertiary alicyclic amines) is 1. The van der Waals surface area contributed by atoms with Crippen LogP contribution >= 0.6 is 0 Å². The van der Waals surface area contributed by atoms with Crippen LogP contribution in [-0.4, -0.2) is 31.6 Å². The fourth-order valence-electron chi connectivity index (χ4n) is 4.13. The molecule has 0 bridgehead atoms. The summed E-state index contributed by atoms with van der Waals surface area (Å²) in [6.07, 6.45) is 2.33. The Morgan fingerprint density at radius 2 is 1.45 bits per heavy atom. The van der Waals surface area contributed by atoms with Gasteiger partial charge in [-0.15, -0.1) is 0 Å². The van der Waals surface area contributed by atoms with E-state index >= 15 is 0 Å². The van der Waals surface area contributed by atoms with Crippen molar-refractivity contribution < 1.29 is 0 Å². The van der Waals surface area contributed by atoms with Crippen LogP contribution in [0.2, 0.25) is 0 Å². The maximum absolute atomic E-state index is 3.32. The van der Waals surface area contributed by atoms with Gasteiger partial charge in [0.2, 0.25) is 0 Å². The Morgan fingerprint density at radius 3 is 2.00 bits per heavy atom. The Bertz CT molecular complexity index is 611. The summed E-state index contributed by atoms with van der Waals surface area (Å²) in [4.78, 5) is 2.66. The third kappa shape index (κ3) is 2.37. The average molecular weight is 292 g/mol. The minimum Gasteiger partial charge on any atom is -0.319 e. The maximum atomic E-state index is 3.32. The van der Waals surface area contributed by atoms with Crippen LogP contribution in [0.5, 0.6) is 0 Å². The number of nitrogens with one attached hydrogen (secondary N) is 1. The standard InChI is InChI=1S/C20H24N2/c1-21-12-15-13-22(14-15)20-18-8-4-2-6-16(18)10-11-17-7-3-5-9-19(17)20/h2-9,15,20-21H,10-14H2,1H3. The summed E-state index contributed by atoms with van der Waals surface area (Å²) in [6, 6.07) is 18.5. The number of rotatable bonds is 3. The Morgan fingerprint density at radius 1 is 0.909 bits per heavy atom. The van der Waals surface area contributed by atoms with E-state index in [0.717, 1.165) is 25.3 Å². The first kappa shape index (κ1) is 14.0. The number of hydrogen-bond acceptors (Lipinski definition) is 2. The van der Waals surface area contributed by atoms with E-state index in [9.17, 15) is 0 Å². The lowest BCUT2D eigenvalue weighted by Crippen LogP contribution is -2.52. The Hall–Kier alpha value is -1.64. The van der Waals surface area contributed by atoms with Gasteiger partial charge in [0, 0.05) is 19.6 Å². The van der Waals surface area contributed by atoms with Crippen molar-refractivity contribution in [1.82, 2.24) is 10.2 Å². The lowest BCUT2D eigenvalue weighted by atomic mass is 9.88. The molecular weight excluding hydrogens is 268 g/mol. The molecule has 0 atom stereocenters. The Kier molecular flexibility index (Phi) is 3.73. The predicted molar refractivity (Wildman–Crippen MR) is 91.1 cm³/mol. The van der Waals surface area contributed by atoms with Crippen LogP contribution in [0.4, 0.5) is 0 Å². The highest BCUT2D eigenvalue weighted by molar-refractivity contribution is 5.44. The third-order valence-electron chi connectivity index (χ3n) is 5.21. The zero-order valence-corrected chi connectivity index (χ0v) is 13.3. The summed E-state index contributed by atoms with van der Waals surface area (Å²) in [6.45, 7) is 3.54. The van der Waals surface area contributed by atoms with Gasteiger partial charge in [-0.05, 0) is 48.1 Å². The van der Waals surface area contributed by atoms with Crippen LogP contribution in [0.1, 0.15) is 28.3 Å². The van der Waals surface area contributed by atoms with Crippen molar-refractivity contribution in [2.75, 3.05) is 26.7 Å². The molecule has 2 aromatic rings. The predicted octanol–water partition coefficient (Wildman–Crippen LogP) is 3.03. The molecule has 0 amide bonds. The van der Waals surface area contributed by atoms with Gasteiger partial charge in [0.25, 0.3) is 0 Å². The van der Waals surface area contributed by atoms with Gasteiger partial charge in [0.05, 0.1) is 6.04 Å². The van der Waals surface area contributed by atoms with Crippen LogP contribution in [0.25, 0.3) is 0 Å². The van der Waals surface area contributed by atoms with Gasteiger partial charge in [0.15, 0.2) is 0 Å². The normalized spacial score (nSPS) is 19.1. The zero-order valence-electron chi connectivity index (χ0n) is 13.3. The molecule has 0 unspecified atom stereocenters. The second-order valence-electron chi connectivity index (χ2n) is 6.68. The summed E-state index contributed by atoms with van der Waals surface area (Å²) in [7, 11) is 2.05. The molecular formula is C20H24N2. The number of aryl methyl sites for hydroxylation is 2. The van der Waals surface area contributed by atoms with Gasteiger partial charge in [-0.25, -0.2) is 0 Å². The molecule has 4 rings (SSSR count). The summed E-state index contributed by atoms with van der Waals surface area (Å²) in [5, 5.41) is 3.32. The van der Waals surface area contributed by atoms with Crippen molar-refractivity contribution >= 4 is 0 Å². The number of nitrogens with zero attached hydrogens (tertiary/aromatic N) is 1. The largest absolute Gasteiger partial charge is 0.319 e. The maximum Gasteiger partial charge on any atom is 0.0607 e. The van der Waals surface area contributed by atoms with Crippen molar-refractivity contribution in [1.29, 1.82) is 0 Å². The quantitative estimate of drug-likeness (QED) is 0.935. The lowest BCUT2D eigenvalue weighted by Gasteiger charge is -2.45. The molecule has 1 saturated heterocycles. The van der Waals surface area contributed by atoms with Crippen LogP contribution in [-0.2, 0) is 12.8 Å². The van der Waals surface area contributed by atoms with Crippen LogP contribution < -0.4 is 5.32 Å². The molecule has 1 aliphatic heterocycles. The van der Waals surface area contributed by atoms with Crippen molar-refractivity contribution in [3.05, 3.63) is 70.8 Å². The third-order valence-corrected chi connectivity index (χ3v) is 5.21. The van der Waals surface area contributed by atoms with E-state index in [1.54, 1.807) is 0 Å². The Labute approximate surface area is 133 Å². The first-order chi connectivity index (χ1) is 10.9. The number of benzene rings is 2. The van der Waals surface area contributed by atoms with Crippen molar-refractivity contribution in [3.63, 3.8) is 0 Å². The molecule has 2 heteroatoms. The summed E-state index contributed by atoms with van der Waals surface area (Å²) in [5.74, 6) is 0.799. The van der Waals surface area contributed by atoms with Gasteiger partial charge in [-0.2, -0.15) is 0 Å². The molecule has 22 heavy (non-hydrogen) atoms. The van der Waals surface area contributed by atoms with Crippen LogP contribution in [0.15, 0.2) is 48.5 Å². The first-order valence-corrected chi connectivity index (χ1v) is 8.41. The number of hydrogen-bond donors (Lipinski definition) is 1. The lowest BCUT2D eigenvalue weighted by molar-refractivity contribution is 0.0693. The number of fused-ring (bicyclic) bond motifs is 2. The SMILES string of the molecule is CNCC1CN(C2c3ccccc3CCc3ccccc32)C1. The second kappa shape index (κ2) is 5.86. The molecule has 114 valence electrons. The van der Waals surface area contributed by atoms with Crippen LogP contribution in [0.3, 0.4) is 0 Å². The van der Waals surface area contributed by atoms with E-state index in [-0.39, 0.29) is 0 Å². The highest BCUT2D eigenvalue weighted by Crippen LogP contribution is 2.39. The molecule has 1 fully saturated rings. The van der Waals surface area contributed by atoms with Crippen molar-refractivity contribution in [3.8, 4) is 0 Å². The second-order valence-corrected chi connectivity index (χ2v) is 6.68. The molecule has 2 aromatic carbocycles. The fourth-order valence-corrected chi connectivity index (χ4v) is 4.13. The van der Waals surface area contributed by atoms with Crippen molar-refractivity contribution in [2.24, 2.45) is 5.92 Å². The van der Waals surface area contributed by atoms with Gasteiger partial charge in [-0.1, -0.05) is 48.5 Å². The highest BCUT2D eigenvalue weighted by atomic mass is 15.2. The van der Waals surface area contributed by atoms with E-state index < -0.39 is 0 Å². The summed E-state index contributed by atoms with van der Waals surface area (Å²) in [5.41, 5.74) is 6.10. The smallest absolute Gasteiger partial charge is 0.0607 e. The zero-order chi connectivity index (χ0) is 14.9. The van der Waals surface area contributed by atoms with E-state index in [1.807, 2.05) is 0 Å². The monoisotopic (exact) mass is 292 g/mol. The Balaban J connectivity index is 1.72. The minimum atomic E-state index is 0.447. The molecule has 0 saturated carbocycles. The topological polar surface area (TPSA) is 15.3 Å². The molecule has 2 aliphatic rings. The van der Waals surface area contributed by atoms with E-state index in [1.165, 1.54) is 35.3 Å². The first-order valence-electron chi connectivity index (χ1n) is 8.41. The molecule has 0 spiro atoms. The van der Waals surface area contributed by atoms with Gasteiger partial charge >= 0.3 is 0 Å². The van der Waals surface area contributed by atoms with E-state index in [4.69, 9.17) is 0 Å². The molecule has 2 nitrogen and oxygen atoms in total. The average Bonchev–Trinajstić information content (AvgIpc) is 2.68. The molecule has 1 aliphatic carbocycles. The van der Waals surface area contributed by atoms with Crippen LogP contribution in [0, 0.1) is 5.92 Å². The van der Waals surface area contributed by atoms with E-state index in [2.05, 4.69) is 65.8 Å². The van der Waals surface area contributed by atoms with Gasteiger partial charge < -0.3 is 5.32 Å². The van der Waals surface area contributed by atoms with Crippen molar-refractivity contribution in [2.45, 2.75) is 18.9 Å². The van der Waals surface area contributed by atoms with Gasteiger partial charge in [-0.3, -0.25) is 4.90 Å². The van der Waals surface area contributed by atoms with E-state index in [0.29, 0.717) is 6.04 Å². The molecule has 1 N–H and O–H groups in total. The summed E-state index contributed by atoms with van der Waals surface area (Å²) < 4.78 is 0. The minimum absolute atomic E-state index is 0.447.